The number of rotatable bonds is 8. The van der Waals surface area contributed by atoms with Crippen molar-refractivity contribution in [2.45, 2.75) is 60.4 Å². The molecule has 35 heavy (non-hydrogen) atoms. The molecule has 1 unspecified atom stereocenters. The molecule has 0 aromatic heterocycles. The van der Waals surface area contributed by atoms with Crippen LogP contribution in [-0.2, 0) is 38.2 Å². The van der Waals surface area contributed by atoms with E-state index in [1.165, 1.54) is 7.05 Å². The van der Waals surface area contributed by atoms with Gasteiger partial charge in [-0.05, 0) is 54.7 Å². The van der Waals surface area contributed by atoms with Crippen LogP contribution in [0.4, 0.5) is 13.2 Å². The molecule has 7 nitrogen and oxygen atoms in total. The van der Waals surface area contributed by atoms with E-state index in [1.54, 1.807) is 32.0 Å². The number of halogens is 3. The lowest BCUT2D eigenvalue weighted by molar-refractivity contribution is -0.139. The van der Waals surface area contributed by atoms with Crippen LogP contribution in [0.2, 0.25) is 0 Å². The van der Waals surface area contributed by atoms with Gasteiger partial charge in [-0.15, -0.1) is 0 Å². The number of hydrogen-bond acceptors (Lipinski definition) is 5. The molecule has 1 N–H and O–H groups in total. The largest absolute Gasteiger partial charge is 0.482 e. The van der Waals surface area contributed by atoms with Crippen molar-refractivity contribution in [3.8, 4) is 5.75 Å². The Hall–Kier alpha value is -2.44. The second-order valence-electron chi connectivity index (χ2n) is 8.47. The first-order valence-electron chi connectivity index (χ1n) is 10.8. The summed E-state index contributed by atoms with van der Waals surface area (Å²) in [6.07, 6.45) is -3.31. The standard InChI is InChI=1S/C23H26F3NO6S2/c1-14(2)34(30)16-10-15(23(24,25)26)11-17(12-16)35(31,32)27(3)20-8-4-7-19-18(20)6-5-9-21(19)33-13-22(28)29/h5-6,9-12,14,20H,4,7-8,13H2,1-3H3,(H,28,29)/t20-,34?/m1/s1. The predicted molar refractivity (Wildman–Crippen MR) is 123 cm³/mol. The molecule has 0 fully saturated rings. The summed E-state index contributed by atoms with van der Waals surface area (Å²) in [5.41, 5.74) is 0.0743. The van der Waals surface area contributed by atoms with Gasteiger partial charge in [0.25, 0.3) is 0 Å². The molecule has 0 radical (unpaired) electrons. The molecule has 0 heterocycles. The maximum atomic E-state index is 13.6. The van der Waals surface area contributed by atoms with Gasteiger partial charge in [0.05, 0.1) is 27.3 Å². The van der Waals surface area contributed by atoms with Crippen molar-refractivity contribution in [3.05, 3.63) is 53.1 Å². The van der Waals surface area contributed by atoms with Gasteiger partial charge in [-0.3, -0.25) is 4.21 Å². The van der Waals surface area contributed by atoms with E-state index in [9.17, 15) is 30.6 Å². The molecular weight excluding hydrogens is 507 g/mol. The van der Waals surface area contributed by atoms with E-state index >= 15 is 0 Å². The smallest absolute Gasteiger partial charge is 0.416 e. The van der Waals surface area contributed by atoms with Crippen molar-refractivity contribution >= 4 is 26.8 Å². The second-order valence-corrected chi connectivity index (χ2v) is 12.5. The van der Waals surface area contributed by atoms with Gasteiger partial charge < -0.3 is 9.84 Å². The first kappa shape index (κ1) is 27.2. The van der Waals surface area contributed by atoms with Crippen molar-refractivity contribution < 1.29 is 40.4 Å². The van der Waals surface area contributed by atoms with Gasteiger partial charge in [-0.1, -0.05) is 26.0 Å². The summed E-state index contributed by atoms with van der Waals surface area (Å²) in [5, 5.41) is 8.40. The lowest BCUT2D eigenvalue weighted by Crippen LogP contribution is -2.34. The molecule has 192 valence electrons. The molecule has 12 heteroatoms. The molecule has 2 aromatic rings. The second kappa shape index (κ2) is 10.3. The number of alkyl halides is 3. The SMILES string of the molecule is CC(C)S(=O)c1cc(C(F)(F)F)cc(S(=O)(=O)N(C)[C@@H]2CCCc3c(OCC(=O)O)cccc32)c1. The first-order valence-corrected chi connectivity index (χ1v) is 13.5. The highest BCUT2D eigenvalue weighted by Crippen LogP contribution is 2.41. The Labute approximate surface area is 204 Å². The highest BCUT2D eigenvalue weighted by molar-refractivity contribution is 7.89. The third-order valence-corrected chi connectivity index (χ3v) is 9.17. The summed E-state index contributed by atoms with van der Waals surface area (Å²) >= 11 is 0. The van der Waals surface area contributed by atoms with Crippen molar-refractivity contribution in [3.63, 3.8) is 0 Å². The zero-order chi connectivity index (χ0) is 26.1. The Kier molecular flexibility index (Phi) is 7.97. The zero-order valence-electron chi connectivity index (χ0n) is 19.3. The molecule has 0 aliphatic heterocycles. The fourth-order valence-corrected chi connectivity index (χ4v) is 6.59. The zero-order valence-corrected chi connectivity index (χ0v) is 21.0. The lowest BCUT2D eigenvalue weighted by atomic mass is 9.87. The number of ether oxygens (including phenoxy) is 1. The van der Waals surface area contributed by atoms with Gasteiger partial charge in [-0.2, -0.15) is 17.5 Å². The molecule has 3 rings (SSSR count). The highest BCUT2D eigenvalue weighted by atomic mass is 32.2. The van der Waals surface area contributed by atoms with E-state index in [-0.39, 0.29) is 4.90 Å². The maximum Gasteiger partial charge on any atom is 0.416 e. The Bertz CT molecular complexity index is 1240. The molecular formula is C23H26F3NO6S2. The quantitative estimate of drug-likeness (QED) is 0.541. The van der Waals surface area contributed by atoms with Crippen LogP contribution in [-0.4, -0.2) is 46.9 Å². The Morgan fingerprint density at radius 2 is 1.94 bits per heavy atom. The summed E-state index contributed by atoms with van der Waals surface area (Å²) in [6, 6.07) is 6.52. The molecule has 0 amide bonds. The van der Waals surface area contributed by atoms with Gasteiger partial charge in [0, 0.05) is 17.2 Å². The van der Waals surface area contributed by atoms with Crippen LogP contribution in [0.15, 0.2) is 46.2 Å². The van der Waals surface area contributed by atoms with Crippen LogP contribution < -0.4 is 4.74 Å². The van der Waals surface area contributed by atoms with E-state index < -0.39 is 61.3 Å². The average molecular weight is 534 g/mol. The van der Waals surface area contributed by atoms with Gasteiger partial charge in [0.2, 0.25) is 10.0 Å². The van der Waals surface area contributed by atoms with Crippen LogP contribution in [0.1, 0.15) is 49.4 Å². The predicted octanol–water partition coefficient (Wildman–Crippen LogP) is 4.38. The lowest BCUT2D eigenvalue weighted by Gasteiger charge is -2.33. The van der Waals surface area contributed by atoms with Crippen molar-refractivity contribution in [1.29, 1.82) is 0 Å². The van der Waals surface area contributed by atoms with Crippen molar-refractivity contribution in [2.24, 2.45) is 0 Å². The number of carbonyl (C=O) groups is 1. The van der Waals surface area contributed by atoms with Gasteiger partial charge in [0.1, 0.15) is 5.75 Å². The number of hydrogen-bond donors (Lipinski definition) is 1. The number of fused-ring (bicyclic) bond motifs is 1. The normalized spacial score (nSPS) is 17.3. The van der Waals surface area contributed by atoms with Gasteiger partial charge >= 0.3 is 12.1 Å². The summed E-state index contributed by atoms with van der Waals surface area (Å²) in [6.45, 7) is 2.58. The topological polar surface area (TPSA) is 101 Å². The molecule has 0 spiro atoms. The molecule has 2 aromatic carbocycles. The fourth-order valence-electron chi connectivity index (χ4n) is 4.05. The number of aliphatic carboxylic acids is 1. The monoisotopic (exact) mass is 533 g/mol. The molecule has 0 bridgehead atoms. The van der Waals surface area contributed by atoms with Crippen molar-refractivity contribution in [2.75, 3.05) is 13.7 Å². The minimum atomic E-state index is -4.83. The van der Waals surface area contributed by atoms with Crippen LogP contribution in [0.3, 0.4) is 0 Å². The van der Waals surface area contributed by atoms with E-state index in [0.717, 1.165) is 16.4 Å². The van der Waals surface area contributed by atoms with E-state index in [4.69, 9.17) is 9.84 Å². The highest BCUT2D eigenvalue weighted by Gasteiger charge is 2.37. The molecule has 0 saturated heterocycles. The minimum Gasteiger partial charge on any atom is -0.482 e. The molecule has 2 atom stereocenters. The van der Waals surface area contributed by atoms with Gasteiger partial charge in [0.15, 0.2) is 6.61 Å². The van der Waals surface area contributed by atoms with Crippen LogP contribution in [0.5, 0.6) is 5.75 Å². The molecule has 1 aliphatic rings. The number of benzene rings is 2. The van der Waals surface area contributed by atoms with E-state index in [0.29, 0.717) is 42.2 Å². The number of carboxylic acid groups (broad SMARTS) is 1. The summed E-state index contributed by atoms with van der Waals surface area (Å²) in [7, 11) is -4.97. The molecule has 0 saturated carbocycles. The van der Waals surface area contributed by atoms with Crippen LogP contribution in [0, 0.1) is 0 Å². The van der Waals surface area contributed by atoms with Crippen LogP contribution >= 0.6 is 0 Å². The molecule has 1 aliphatic carbocycles. The number of carboxylic acids is 1. The number of nitrogens with zero attached hydrogens (tertiary/aromatic N) is 1. The van der Waals surface area contributed by atoms with Crippen LogP contribution in [0.25, 0.3) is 0 Å². The van der Waals surface area contributed by atoms with E-state index in [2.05, 4.69) is 0 Å². The Balaban J connectivity index is 2.06. The maximum absolute atomic E-state index is 13.6. The number of sulfonamides is 1. The Morgan fingerprint density at radius 3 is 2.54 bits per heavy atom. The van der Waals surface area contributed by atoms with E-state index in [1.807, 2.05) is 0 Å². The average Bonchev–Trinajstić information content (AvgIpc) is 2.80. The summed E-state index contributed by atoms with van der Waals surface area (Å²) in [5.74, 6) is -0.831. The summed E-state index contributed by atoms with van der Waals surface area (Å²) < 4.78 is 86.7. The fraction of sp³-hybridized carbons (Fsp3) is 0.435. The minimum absolute atomic E-state index is 0.213. The summed E-state index contributed by atoms with van der Waals surface area (Å²) in [4.78, 5) is 10.1. The van der Waals surface area contributed by atoms with Gasteiger partial charge in [-0.25, -0.2) is 13.2 Å². The first-order chi connectivity index (χ1) is 16.2. The third kappa shape index (κ3) is 5.87. The third-order valence-electron chi connectivity index (χ3n) is 5.77. The Morgan fingerprint density at radius 1 is 1.26 bits per heavy atom. The van der Waals surface area contributed by atoms with Crippen molar-refractivity contribution in [1.82, 2.24) is 4.31 Å².